The standard InChI is InChI=1S/C12H18BrNO2S/c1-4-17(15,16)12-6-5-10(7-11(12)13)9(2)8-14-3/h5-7,9,14H,4,8H2,1-3H3. The first-order valence-corrected chi connectivity index (χ1v) is 8.03. The van der Waals surface area contributed by atoms with Crippen LogP contribution >= 0.6 is 15.9 Å². The lowest BCUT2D eigenvalue weighted by Gasteiger charge is -2.13. The van der Waals surface area contributed by atoms with Crippen LogP contribution in [-0.4, -0.2) is 27.8 Å². The fourth-order valence-corrected chi connectivity index (χ4v) is 3.73. The minimum absolute atomic E-state index is 0.122. The van der Waals surface area contributed by atoms with E-state index >= 15 is 0 Å². The summed E-state index contributed by atoms with van der Waals surface area (Å²) in [5, 5.41) is 3.11. The van der Waals surface area contributed by atoms with Gasteiger partial charge >= 0.3 is 0 Å². The number of benzene rings is 1. The summed E-state index contributed by atoms with van der Waals surface area (Å²) in [6, 6.07) is 5.46. The second kappa shape index (κ2) is 5.98. The van der Waals surface area contributed by atoms with E-state index in [0.717, 1.165) is 12.1 Å². The Morgan fingerprint density at radius 2 is 2.06 bits per heavy atom. The highest BCUT2D eigenvalue weighted by Gasteiger charge is 2.16. The Bertz CT molecular complexity index is 485. The summed E-state index contributed by atoms with van der Waals surface area (Å²) in [5.74, 6) is 0.478. The zero-order chi connectivity index (χ0) is 13.1. The molecule has 17 heavy (non-hydrogen) atoms. The fraction of sp³-hybridized carbons (Fsp3) is 0.500. The number of likely N-dealkylation sites (N-methyl/N-ethyl adjacent to an activating group) is 1. The van der Waals surface area contributed by atoms with Gasteiger partial charge in [0.2, 0.25) is 0 Å². The highest BCUT2D eigenvalue weighted by atomic mass is 79.9. The predicted octanol–water partition coefficient (Wildman–Crippen LogP) is 2.57. The molecule has 5 heteroatoms. The van der Waals surface area contributed by atoms with Crippen LogP contribution in [0.5, 0.6) is 0 Å². The molecule has 1 aromatic rings. The summed E-state index contributed by atoms with van der Waals surface area (Å²) in [5.41, 5.74) is 1.13. The molecule has 1 N–H and O–H groups in total. The molecule has 0 fully saturated rings. The monoisotopic (exact) mass is 319 g/mol. The van der Waals surface area contributed by atoms with E-state index in [1.165, 1.54) is 0 Å². The van der Waals surface area contributed by atoms with Crippen LogP contribution < -0.4 is 5.32 Å². The molecule has 1 unspecified atom stereocenters. The molecule has 0 aliphatic carbocycles. The van der Waals surface area contributed by atoms with E-state index in [-0.39, 0.29) is 5.75 Å². The van der Waals surface area contributed by atoms with Gasteiger partial charge in [0, 0.05) is 11.0 Å². The zero-order valence-corrected chi connectivity index (χ0v) is 12.7. The van der Waals surface area contributed by atoms with Crippen molar-refractivity contribution in [2.75, 3.05) is 19.3 Å². The van der Waals surface area contributed by atoms with Gasteiger partial charge < -0.3 is 5.32 Å². The van der Waals surface area contributed by atoms with Gasteiger partial charge in [0.15, 0.2) is 9.84 Å². The molecular weight excluding hydrogens is 302 g/mol. The van der Waals surface area contributed by atoms with E-state index < -0.39 is 9.84 Å². The average molecular weight is 320 g/mol. The minimum Gasteiger partial charge on any atom is -0.319 e. The number of nitrogens with one attached hydrogen (secondary N) is 1. The smallest absolute Gasteiger partial charge is 0.179 e. The Hall–Kier alpha value is -0.390. The Morgan fingerprint density at radius 1 is 1.41 bits per heavy atom. The van der Waals surface area contributed by atoms with E-state index in [4.69, 9.17) is 0 Å². The van der Waals surface area contributed by atoms with Gasteiger partial charge in [-0.15, -0.1) is 0 Å². The zero-order valence-electron chi connectivity index (χ0n) is 10.3. The molecule has 0 saturated carbocycles. The number of halogens is 1. The van der Waals surface area contributed by atoms with E-state index in [1.807, 2.05) is 19.2 Å². The molecule has 0 bridgehead atoms. The van der Waals surface area contributed by atoms with Crippen molar-refractivity contribution >= 4 is 25.8 Å². The molecule has 0 spiro atoms. The van der Waals surface area contributed by atoms with Gasteiger partial charge in [-0.3, -0.25) is 0 Å². The minimum atomic E-state index is -3.15. The molecule has 0 heterocycles. The first kappa shape index (κ1) is 14.7. The van der Waals surface area contributed by atoms with Gasteiger partial charge in [-0.05, 0) is 46.6 Å². The van der Waals surface area contributed by atoms with Gasteiger partial charge in [-0.25, -0.2) is 8.42 Å². The van der Waals surface area contributed by atoms with Gasteiger partial charge in [0.05, 0.1) is 10.6 Å². The van der Waals surface area contributed by atoms with E-state index in [0.29, 0.717) is 15.3 Å². The molecule has 1 aromatic carbocycles. The van der Waals surface area contributed by atoms with Crippen LogP contribution in [0, 0.1) is 0 Å². The number of hydrogen-bond acceptors (Lipinski definition) is 3. The topological polar surface area (TPSA) is 46.2 Å². The molecule has 0 radical (unpaired) electrons. The van der Waals surface area contributed by atoms with Crippen molar-refractivity contribution in [3.8, 4) is 0 Å². The van der Waals surface area contributed by atoms with Crippen molar-refractivity contribution in [1.29, 1.82) is 0 Å². The van der Waals surface area contributed by atoms with Gasteiger partial charge in [0.1, 0.15) is 0 Å². The maximum atomic E-state index is 11.8. The first-order valence-electron chi connectivity index (χ1n) is 5.59. The third-order valence-corrected chi connectivity index (χ3v) is 5.46. The predicted molar refractivity (Wildman–Crippen MR) is 74.2 cm³/mol. The molecule has 1 atom stereocenters. The summed E-state index contributed by atoms with van der Waals surface area (Å²) in [6.45, 7) is 4.62. The highest BCUT2D eigenvalue weighted by Crippen LogP contribution is 2.27. The summed E-state index contributed by atoms with van der Waals surface area (Å²) in [7, 11) is -1.24. The van der Waals surface area contributed by atoms with Crippen LogP contribution in [-0.2, 0) is 9.84 Å². The molecule has 96 valence electrons. The van der Waals surface area contributed by atoms with Crippen molar-refractivity contribution in [1.82, 2.24) is 5.32 Å². The normalized spacial score (nSPS) is 13.6. The van der Waals surface area contributed by atoms with Gasteiger partial charge in [-0.2, -0.15) is 0 Å². The number of hydrogen-bond donors (Lipinski definition) is 1. The quantitative estimate of drug-likeness (QED) is 0.907. The molecule has 0 saturated heterocycles. The van der Waals surface area contributed by atoms with Gasteiger partial charge in [0.25, 0.3) is 0 Å². The summed E-state index contributed by atoms with van der Waals surface area (Å²) < 4.78 is 24.2. The number of rotatable bonds is 5. The SMILES string of the molecule is CCS(=O)(=O)c1ccc(C(C)CNC)cc1Br. The first-order chi connectivity index (χ1) is 7.92. The average Bonchev–Trinajstić information content (AvgIpc) is 2.29. The van der Waals surface area contributed by atoms with Crippen LogP contribution in [0.4, 0.5) is 0 Å². The molecule has 0 aromatic heterocycles. The second-order valence-electron chi connectivity index (χ2n) is 4.05. The van der Waals surface area contributed by atoms with E-state index in [9.17, 15) is 8.42 Å². The third-order valence-electron chi connectivity index (χ3n) is 2.75. The molecule has 0 aliphatic heterocycles. The van der Waals surface area contributed by atoms with Crippen LogP contribution in [0.3, 0.4) is 0 Å². The maximum Gasteiger partial charge on any atom is 0.179 e. The molecular formula is C12H18BrNO2S. The Balaban J connectivity index is 3.11. The van der Waals surface area contributed by atoms with Crippen LogP contribution in [0.25, 0.3) is 0 Å². The summed E-state index contributed by atoms with van der Waals surface area (Å²) in [6.07, 6.45) is 0. The lowest BCUT2D eigenvalue weighted by molar-refractivity contribution is 0.596. The maximum absolute atomic E-state index is 11.8. The summed E-state index contributed by atoms with van der Waals surface area (Å²) in [4.78, 5) is 0.375. The van der Waals surface area contributed by atoms with Crippen LogP contribution in [0.1, 0.15) is 25.3 Å². The summed E-state index contributed by atoms with van der Waals surface area (Å²) >= 11 is 3.34. The van der Waals surface area contributed by atoms with Crippen molar-refractivity contribution < 1.29 is 8.42 Å². The van der Waals surface area contributed by atoms with Crippen molar-refractivity contribution in [2.24, 2.45) is 0 Å². The molecule has 3 nitrogen and oxygen atoms in total. The molecule has 0 aliphatic rings. The highest BCUT2D eigenvalue weighted by molar-refractivity contribution is 9.10. The fourth-order valence-electron chi connectivity index (χ4n) is 1.66. The second-order valence-corrected chi connectivity index (χ2v) is 7.15. The van der Waals surface area contributed by atoms with Crippen LogP contribution in [0.2, 0.25) is 0 Å². The van der Waals surface area contributed by atoms with E-state index in [1.54, 1.807) is 13.0 Å². The van der Waals surface area contributed by atoms with Crippen molar-refractivity contribution in [2.45, 2.75) is 24.7 Å². The van der Waals surface area contributed by atoms with Crippen molar-refractivity contribution in [3.05, 3.63) is 28.2 Å². The Kier molecular flexibility index (Phi) is 5.16. The van der Waals surface area contributed by atoms with Crippen LogP contribution in [0.15, 0.2) is 27.6 Å². The molecule has 0 amide bonds. The lowest BCUT2D eigenvalue weighted by Crippen LogP contribution is -2.15. The molecule has 1 rings (SSSR count). The number of sulfone groups is 1. The largest absolute Gasteiger partial charge is 0.319 e. The lowest BCUT2D eigenvalue weighted by atomic mass is 10.0. The van der Waals surface area contributed by atoms with Crippen molar-refractivity contribution in [3.63, 3.8) is 0 Å². The third kappa shape index (κ3) is 3.53. The van der Waals surface area contributed by atoms with E-state index in [2.05, 4.69) is 28.2 Å². The van der Waals surface area contributed by atoms with Gasteiger partial charge in [-0.1, -0.05) is 19.9 Å². The Morgan fingerprint density at radius 3 is 2.53 bits per heavy atom. The Labute approximate surface area is 112 Å².